The first-order chi connectivity index (χ1) is 12.9. The predicted octanol–water partition coefficient (Wildman–Crippen LogP) is 8.27. The van der Waals surface area contributed by atoms with Crippen LogP contribution >= 0.6 is 0 Å². The summed E-state index contributed by atoms with van der Waals surface area (Å²) in [6.45, 7) is 12.5. The third-order valence-electron chi connectivity index (χ3n) is 9.90. The van der Waals surface area contributed by atoms with Crippen molar-refractivity contribution in [3.63, 3.8) is 0 Å². The Morgan fingerprint density at radius 1 is 0.963 bits per heavy atom. The van der Waals surface area contributed by atoms with Gasteiger partial charge in [-0.3, -0.25) is 0 Å². The Morgan fingerprint density at radius 2 is 1.74 bits per heavy atom. The fourth-order valence-corrected chi connectivity index (χ4v) is 8.31. The standard InChI is InChI=1S/C27H46/c1-18(2)7-6-8-20(4)22-11-12-24-23(22)13-14-26-25(24)10-9-21-17-19(3)15-16-27(21,26)5/h9,18-20,22-26H,6-8,10-17H2,1-5H3/t19-,20+,22+,23+,24+,25-,26-,27-/m0/s1. The lowest BCUT2D eigenvalue weighted by Crippen LogP contribution is -2.47. The van der Waals surface area contributed by atoms with E-state index in [9.17, 15) is 0 Å². The average Bonchev–Trinajstić information content (AvgIpc) is 3.06. The molecule has 0 radical (unpaired) electrons. The molecular formula is C27H46. The van der Waals surface area contributed by atoms with E-state index in [0.717, 1.165) is 47.3 Å². The van der Waals surface area contributed by atoms with Gasteiger partial charge in [0, 0.05) is 0 Å². The fraction of sp³-hybridized carbons (Fsp3) is 0.926. The van der Waals surface area contributed by atoms with Gasteiger partial charge in [0.2, 0.25) is 0 Å². The van der Waals surface area contributed by atoms with E-state index < -0.39 is 0 Å². The minimum absolute atomic E-state index is 0.571. The number of rotatable bonds is 5. The van der Waals surface area contributed by atoms with E-state index in [-0.39, 0.29) is 0 Å². The van der Waals surface area contributed by atoms with Crippen molar-refractivity contribution in [2.75, 3.05) is 0 Å². The molecule has 0 aromatic carbocycles. The third kappa shape index (κ3) is 3.69. The number of hydrogen-bond donors (Lipinski definition) is 0. The predicted molar refractivity (Wildman–Crippen MR) is 118 cm³/mol. The van der Waals surface area contributed by atoms with E-state index in [2.05, 4.69) is 40.7 Å². The van der Waals surface area contributed by atoms with Gasteiger partial charge in [0.1, 0.15) is 0 Å². The molecule has 0 spiro atoms. The molecule has 0 aliphatic heterocycles. The summed E-state index contributed by atoms with van der Waals surface area (Å²) >= 11 is 0. The van der Waals surface area contributed by atoms with Crippen LogP contribution in [0, 0.1) is 52.8 Å². The molecule has 3 saturated carbocycles. The van der Waals surface area contributed by atoms with Gasteiger partial charge >= 0.3 is 0 Å². The molecule has 0 heteroatoms. The lowest BCUT2D eigenvalue weighted by molar-refractivity contribution is -0.00381. The van der Waals surface area contributed by atoms with Crippen molar-refractivity contribution < 1.29 is 0 Å². The lowest BCUT2D eigenvalue weighted by Gasteiger charge is -2.55. The molecular weight excluding hydrogens is 324 g/mol. The molecule has 0 bridgehead atoms. The minimum atomic E-state index is 0.571. The zero-order valence-corrected chi connectivity index (χ0v) is 19.0. The monoisotopic (exact) mass is 370 g/mol. The van der Waals surface area contributed by atoms with Gasteiger partial charge in [-0.1, -0.05) is 65.5 Å². The van der Waals surface area contributed by atoms with E-state index in [0.29, 0.717) is 5.41 Å². The molecule has 4 aliphatic carbocycles. The Bertz CT molecular complexity index is 542. The molecule has 27 heavy (non-hydrogen) atoms. The summed E-state index contributed by atoms with van der Waals surface area (Å²) in [5.41, 5.74) is 2.44. The van der Waals surface area contributed by atoms with Crippen molar-refractivity contribution in [2.45, 2.75) is 105 Å². The summed E-state index contributed by atoms with van der Waals surface area (Å²) in [6, 6.07) is 0. The quantitative estimate of drug-likeness (QED) is 0.427. The Balaban J connectivity index is 1.43. The second-order valence-electron chi connectivity index (χ2n) is 11.9. The van der Waals surface area contributed by atoms with E-state index in [1.165, 1.54) is 44.9 Å². The van der Waals surface area contributed by atoms with E-state index in [1.54, 1.807) is 25.7 Å². The van der Waals surface area contributed by atoms with Crippen LogP contribution in [0.2, 0.25) is 0 Å². The van der Waals surface area contributed by atoms with Gasteiger partial charge in [-0.05, 0) is 104 Å². The molecule has 0 saturated heterocycles. The molecule has 4 rings (SSSR count). The van der Waals surface area contributed by atoms with Crippen LogP contribution in [0.1, 0.15) is 105 Å². The average molecular weight is 371 g/mol. The Kier molecular flexibility index (Phi) is 5.84. The summed E-state index contributed by atoms with van der Waals surface area (Å²) in [5.74, 6) is 8.01. The summed E-state index contributed by atoms with van der Waals surface area (Å²) in [5, 5.41) is 0. The summed E-state index contributed by atoms with van der Waals surface area (Å²) < 4.78 is 0. The highest BCUT2D eigenvalue weighted by Gasteiger charge is 2.54. The fourth-order valence-electron chi connectivity index (χ4n) is 8.31. The van der Waals surface area contributed by atoms with E-state index in [1.807, 2.05) is 5.57 Å². The maximum atomic E-state index is 2.75. The SMILES string of the molecule is CC(C)CCC[C@@H](C)[C@H]1CC[C@@H]2[C@@H]1CC[C@H]1[C@H]2CC=C2C[C@@H](C)CC[C@@]21C. The van der Waals surface area contributed by atoms with Gasteiger partial charge in [-0.2, -0.15) is 0 Å². The zero-order valence-electron chi connectivity index (χ0n) is 19.0. The Hall–Kier alpha value is -0.260. The van der Waals surface area contributed by atoms with Gasteiger partial charge < -0.3 is 0 Å². The molecule has 0 aromatic rings. The maximum Gasteiger partial charge on any atom is -0.00851 e. The van der Waals surface area contributed by atoms with Crippen LogP contribution in [0.5, 0.6) is 0 Å². The highest BCUT2D eigenvalue weighted by molar-refractivity contribution is 5.24. The topological polar surface area (TPSA) is 0 Å². The summed E-state index contributed by atoms with van der Waals surface area (Å²) in [6.07, 6.45) is 19.1. The van der Waals surface area contributed by atoms with Crippen LogP contribution < -0.4 is 0 Å². The highest BCUT2D eigenvalue weighted by Crippen LogP contribution is 2.63. The Morgan fingerprint density at radius 3 is 2.52 bits per heavy atom. The molecule has 0 nitrogen and oxygen atoms in total. The first kappa shape index (κ1) is 20.0. The molecule has 8 atom stereocenters. The lowest BCUT2D eigenvalue weighted by atomic mass is 9.49. The van der Waals surface area contributed by atoms with Crippen molar-refractivity contribution in [2.24, 2.45) is 52.8 Å². The van der Waals surface area contributed by atoms with E-state index in [4.69, 9.17) is 0 Å². The largest absolute Gasteiger partial charge is 0.0845 e. The van der Waals surface area contributed by atoms with Crippen LogP contribution in [0.25, 0.3) is 0 Å². The third-order valence-corrected chi connectivity index (χ3v) is 9.90. The van der Waals surface area contributed by atoms with Crippen molar-refractivity contribution >= 4 is 0 Å². The summed E-state index contributed by atoms with van der Waals surface area (Å²) in [7, 11) is 0. The molecule has 0 amide bonds. The number of allylic oxidation sites excluding steroid dienone is 2. The minimum Gasteiger partial charge on any atom is -0.0845 e. The van der Waals surface area contributed by atoms with Gasteiger partial charge in [-0.15, -0.1) is 0 Å². The van der Waals surface area contributed by atoms with Crippen LogP contribution in [-0.4, -0.2) is 0 Å². The molecule has 0 N–H and O–H groups in total. The number of hydrogen-bond acceptors (Lipinski definition) is 0. The normalized spacial score (nSPS) is 45.0. The summed E-state index contributed by atoms with van der Waals surface area (Å²) in [4.78, 5) is 0. The highest BCUT2D eigenvalue weighted by atomic mass is 14.6. The zero-order chi connectivity index (χ0) is 19.2. The second kappa shape index (κ2) is 7.87. The molecule has 4 aliphatic rings. The number of fused-ring (bicyclic) bond motifs is 5. The van der Waals surface area contributed by atoms with Crippen molar-refractivity contribution in [1.29, 1.82) is 0 Å². The smallest absolute Gasteiger partial charge is 0.00851 e. The Labute approximate surface area is 170 Å². The van der Waals surface area contributed by atoms with Crippen LogP contribution in [0.3, 0.4) is 0 Å². The van der Waals surface area contributed by atoms with Gasteiger partial charge in [0.25, 0.3) is 0 Å². The molecule has 0 heterocycles. The van der Waals surface area contributed by atoms with Gasteiger partial charge in [0.05, 0.1) is 0 Å². The molecule has 0 unspecified atom stereocenters. The van der Waals surface area contributed by atoms with E-state index >= 15 is 0 Å². The maximum absolute atomic E-state index is 2.75. The molecule has 0 aromatic heterocycles. The molecule has 154 valence electrons. The van der Waals surface area contributed by atoms with Crippen LogP contribution in [0.4, 0.5) is 0 Å². The second-order valence-corrected chi connectivity index (χ2v) is 11.9. The van der Waals surface area contributed by atoms with Gasteiger partial charge in [0.15, 0.2) is 0 Å². The molecule has 3 fully saturated rings. The van der Waals surface area contributed by atoms with Crippen LogP contribution in [-0.2, 0) is 0 Å². The van der Waals surface area contributed by atoms with Gasteiger partial charge in [-0.25, -0.2) is 0 Å². The first-order valence-electron chi connectivity index (χ1n) is 12.6. The van der Waals surface area contributed by atoms with Crippen molar-refractivity contribution in [3.05, 3.63) is 11.6 Å². The van der Waals surface area contributed by atoms with Crippen LogP contribution in [0.15, 0.2) is 11.6 Å². The first-order valence-corrected chi connectivity index (χ1v) is 12.6. The van der Waals surface area contributed by atoms with Crippen molar-refractivity contribution in [3.8, 4) is 0 Å². The van der Waals surface area contributed by atoms with Crippen molar-refractivity contribution in [1.82, 2.24) is 0 Å².